The second-order valence-corrected chi connectivity index (χ2v) is 4.65. The third-order valence-corrected chi connectivity index (χ3v) is 3.23. The number of phenols is 1. The van der Waals surface area contributed by atoms with Gasteiger partial charge < -0.3 is 10.4 Å². The summed E-state index contributed by atoms with van der Waals surface area (Å²) in [6.07, 6.45) is 4.87. The lowest BCUT2D eigenvalue weighted by atomic mass is 9.98. The fourth-order valence-corrected chi connectivity index (χ4v) is 2.00. The SMILES string of the molecule is C=CCC(CC)CCNCc1c(F)cc(O)cc1F. The lowest BCUT2D eigenvalue weighted by molar-refractivity contribution is 0.442. The average Bonchev–Trinajstić information content (AvgIpc) is 2.35. The van der Waals surface area contributed by atoms with Crippen LogP contribution < -0.4 is 5.32 Å². The largest absolute Gasteiger partial charge is 0.508 e. The molecule has 0 aliphatic carbocycles. The second kappa shape index (κ2) is 7.89. The van der Waals surface area contributed by atoms with Gasteiger partial charge in [-0.05, 0) is 25.3 Å². The summed E-state index contributed by atoms with van der Waals surface area (Å²) in [6, 6.07) is 1.85. The Labute approximate surface area is 113 Å². The van der Waals surface area contributed by atoms with E-state index < -0.39 is 17.4 Å². The summed E-state index contributed by atoms with van der Waals surface area (Å²) < 4.78 is 26.9. The van der Waals surface area contributed by atoms with E-state index in [1.54, 1.807) is 0 Å². The number of hydrogen-bond acceptors (Lipinski definition) is 2. The van der Waals surface area contributed by atoms with Crippen LogP contribution in [0.1, 0.15) is 31.7 Å². The number of halogens is 2. The molecule has 106 valence electrons. The third kappa shape index (κ3) is 4.99. The van der Waals surface area contributed by atoms with Gasteiger partial charge in [0, 0.05) is 24.2 Å². The van der Waals surface area contributed by atoms with Crippen LogP contribution in [-0.4, -0.2) is 11.7 Å². The molecule has 0 saturated carbocycles. The van der Waals surface area contributed by atoms with E-state index in [-0.39, 0.29) is 12.1 Å². The van der Waals surface area contributed by atoms with Crippen molar-refractivity contribution in [2.75, 3.05) is 6.54 Å². The van der Waals surface area contributed by atoms with Crippen molar-refractivity contribution in [3.05, 3.63) is 42.0 Å². The van der Waals surface area contributed by atoms with Crippen LogP contribution in [0.4, 0.5) is 8.78 Å². The van der Waals surface area contributed by atoms with E-state index in [0.717, 1.165) is 31.4 Å². The summed E-state index contributed by atoms with van der Waals surface area (Å²) in [7, 11) is 0. The number of benzene rings is 1. The van der Waals surface area contributed by atoms with E-state index in [1.165, 1.54) is 0 Å². The molecule has 0 bridgehead atoms. The number of rotatable bonds is 8. The highest BCUT2D eigenvalue weighted by atomic mass is 19.1. The minimum absolute atomic E-state index is 0.0328. The summed E-state index contributed by atoms with van der Waals surface area (Å²) in [5, 5.41) is 12.1. The Kier molecular flexibility index (Phi) is 6.50. The van der Waals surface area contributed by atoms with Gasteiger partial charge in [0.25, 0.3) is 0 Å². The molecule has 19 heavy (non-hydrogen) atoms. The molecule has 0 aliphatic heterocycles. The van der Waals surface area contributed by atoms with Crippen LogP contribution in [-0.2, 0) is 6.54 Å². The summed E-state index contributed by atoms with van der Waals surface area (Å²) >= 11 is 0. The first-order valence-corrected chi connectivity index (χ1v) is 6.57. The van der Waals surface area contributed by atoms with Crippen LogP contribution in [0.3, 0.4) is 0 Å². The molecule has 0 radical (unpaired) electrons. The highest BCUT2D eigenvalue weighted by Gasteiger charge is 2.11. The maximum atomic E-state index is 13.4. The zero-order valence-corrected chi connectivity index (χ0v) is 11.3. The Morgan fingerprint density at radius 2 is 2.00 bits per heavy atom. The van der Waals surface area contributed by atoms with Gasteiger partial charge in [-0.3, -0.25) is 0 Å². The maximum Gasteiger partial charge on any atom is 0.134 e. The topological polar surface area (TPSA) is 32.3 Å². The quantitative estimate of drug-likeness (QED) is 0.556. The summed E-state index contributed by atoms with van der Waals surface area (Å²) in [5.74, 6) is -1.28. The molecule has 0 saturated heterocycles. The number of allylic oxidation sites excluding steroid dienone is 1. The van der Waals surface area contributed by atoms with Crippen LogP contribution in [0.2, 0.25) is 0 Å². The molecule has 2 N–H and O–H groups in total. The summed E-state index contributed by atoms with van der Waals surface area (Å²) in [5.41, 5.74) is -0.0328. The van der Waals surface area contributed by atoms with Crippen molar-refractivity contribution in [2.24, 2.45) is 5.92 Å². The van der Waals surface area contributed by atoms with E-state index in [1.807, 2.05) is 6.08 Å². The lowest BCUT2D eigenvalue weighted by Gasteiger charge is -2.13. The molecule has 0 fully saturated rings. The van der Waals surface area contributed by atoms with Crippen LogP contribution in [0.5, 0.6) is 5.75 Å². The minimum Gasteiger partial charge on any atom is -0.508 e. The molecular formula is C15H21F2NO. The van der Waals surface area contributed by atoms with E-state index in [2.05, 4.69) is 18.8 Å². The average molecular weight is 269 g/mol. The molecule has 0 heterocycles. The summed E-state index contributed by atoms with van der Waals surface area (Å²) in [4.78, 5) is 0. The molecule has 4 heteroatoms. The van der Waals surface area contributed by atoms with Crippen molar-refractivity contribution in [2.45, 2.75) is 32.7 Å². The Morgan fingerprint density at radius 3 is 2.53 bits per heavy atom. The Bertz CT molecular complexity index is 398. The molecule has 1 unspecified atom stereocenters. The van der Waals surface area contributed by atoms with Gasteiger partial charge >= 0.3 is 0 Å². The number of hydrogen-bond donors (Lipinski definition) is 2. The fourth-order valence-electron chi connectivity index (χ4n) is 2.00. The molecular weight excluding hydrogens is 248 g/mol. The Balaban J connectivity index is 2.43. The molecule has 0 aromatic heterocycles. The van der Waals surface area contributed by atoms with Crippen LogP contribution >= 0.6 is 0 Å². The lowest BCUT2D eigenvalue weighted by Crippen LogP contribution is -2.19. The van der Waals surface area contributed by atoms with E-state index >= 15 is 0 Å². The van der Waals surface area contributed by atoms with Crippen molar-refractivity contribution in [1.29, 1.82) is 0 Å². The minimum atomic E-state index is -0.719. The highest BCUT2D eigenvalue weighted by molar-refractivity contribution is 5.29. The zero-order chi connectivity index (χ0) is 14.3. The predicted octanol–water partition coefficient (Wildman–Crippen LogP) is 3.75. The standard InChI is InChI=1S/C15H21F2NO/c1-3-5-11(4-2)6-7-18-10-13-14(16)8-12(19)9-15(13)17/h3,8-9,11,18-19H,1,4-7,10H2,2H3. The monoisotopic (exact) mass is 269 g/mol. The Morgan fingerprint density at radius 1 is 1.37 bits per heavy atom. The molecule has 0 aliphatic rings. The van der Waals surface area contributed by atoms with Gasteiger partial charge in [-0.2, -0.15) is 0 Å². The van der Waals surface area contributed by atoms with E-state index in [9.17, 15) is 8.78 Å². The number of phenolic OH excluding ortho intramolecular Hbond substituents is 1. The van der Waals surface area contributed by atoms with Gasteiger partial charge in [0.15, 0.2) is 0 Å². The number of aromatic hydroxyl groups is 1. The van der Waals surface area contributed by atoms with E-state index in [4.69, 9.17) is 5.11 Å². The molecule has 0 amide bonds. The van der Waals surface area contributed by atoms with Gasteiger partial charge in [0.1, 0.15) is 17.4 Å². The smallest absolute Gasteiger partial charge is 0.134 e. The van der Waals surface area contributed by atoms with Gasteiger partial charge in [-0.15, -0.1) is 6.58 Å². The second-order valence-electron chi connectivity index (χ2n) is 4.65. The van der Waals surface area contributed by atoms with Crippen molar-refractivity contribution in [3.8, 4) is 5.75 Å². The fraction of sp³-hybridized carbons (Fsp3) is 0.467. The molecule has 1 rings (SSSR count). The van der Waals surface area contributed by atoms with Crippen LogP contribution in [0, 0.1) is 17.6 Å². The van der Waals surface area contributed by atoms with Crippen molar-refractivity contribution < 1.29 is 13.9 Å². The van der Waals surface area contributed by atoms with Gasteiger partial charge in [0.2, 0.25) is 0 Å². The first kappa shape index (κ1) is 15.6. The highest BCUT2D eigenvalue weighted by Crippen LogP contribution is 2.19. The molecule has 1 aromatic rings. The predicted molar refractivity (Wildman–Crippen MR) is 72.9 cm³/mol. The molecule has 1 aromatic carbocycles. The summed E-state index contributed by atoms with van der Waals surface area (Å²) in [6.45, 7) is 6.66. The van der Waals surface area contributed by atoms with Gasteiger partial charge in [-0.25, -0.2) is 8.78 Å². The van der Waals surface area contributed by atoms with Gasteiger partial charge in [-0.1, -0.05) is 19.4 Å². The Hall–Kier alpha value is -1.42. The first-order chi connectivity index (χ1) is 9.08. The zero-order valence-electron chi connectivity index (χ0n) is 11.3. The van der Waals surface area contributed by atoms with Crippen LogP contribution in [0.15, 0.2) is 24.8 Å². The maximum absolute atomic E-state index is 13.4. The van der Waals surface area contributed by atoms with Crippen molar-refractivity contribution >= 4 is 0 Å². The third-order valence-electron chi connectivity index (χ3n) is 3.23. The number of nitrogens with one attached hydrogen (secondary N) is 1. The van der Waals surface area contributed by atoms with Crippen LogP contribution in [0.25, 0.3) is 0 Å². The van der Waals surface area contributed by atoms with E-state index in [0.29, 0.717) is 12.5 Å². The van der Waals surface area contributed by atoms with Gasteiger partial charge in [0.05, 0.1) is 0 Å². The molecule has 0 spiro atoms. The molecule has 2 nitrogen and oxygen atoms in total. The van der Waals surface area contributed by atoms with Crippen molar-refractivity contribution in [3.63, 3.8) is 0 Å². The molecule has 1 atom stereocenters. The van der Waals surface area contributed by atoms with Crippen molar-refractivity contribution in [1.82, 2.24) is 5.32 Å². The normalized spacial score (nSPS) is 12.4. The first-order valence-electron chi connectivity index (χ1n) is 6.57.